The number of likely N-dealkylation sites (tertiary alicyclic amines) is 1. The van der Waals surface area contributed by atoms with Gasteiger partial charge in [0.2, 0.25) is 0 Å². The van der Waals surface area contributed by atoms with Gasteiger partial charge in [0.15, 0.2) is 5.96 Å². The van der Waals surface area contributed by atoms with Crippen molar-refractivity contribution in [2.24, 2.45) is 12.0 Å². The fourth-order valence-electron chi connectivity index (χ4n) is 4.03. The molecule has 6 heteroatoms. The molecule has 0 amide bonds. The van der Waals surface area contributed by atoms with Crippen LogP contribution in [0.3, 0.4) is 0 Å². The first-order valence-corrected chi connectivity index (χ1v) is 10.6. The van der Waals surface area contributed by atoms with Crippen LogP contribution in [0.1, 0.15) is 62.9 Å². The van der Waals surface area contributed by atoms with Crippen LogP contribution in [0.5, 0.6) is 0 Å². The van der Waals surface area contributed by atoms with E-state index in [4.69, 9.17) is 0 Å². The lowest BCUT2D eigenvalue weighted by atomic mass is 10.0. The molecule has 0 saturated carbocycles. The highest BCUT2D eigenvalue weighted by Gasteiger charge is 2.17. The average molecular weight is 377 g/mol. The van der Waals surface area contributed by atoms with E-state index in [1.807, 2.05) is 18.8 Å². The van der Waals surface area contributed by atoms with Gasteiger partial charge in [-0.2, -0.15) is 5.10 Å². The zero-order valence-corrected chi connectivity index (χ0v) is 18.3. The van der Waals surface area contributed by atoms with Gasteiger partial charge in [-0.15, -0.1) is 0 Å². The summed E-state index contributed by atoms with van der Waals surface area (Å²) in [5.41, 5.74) is 3.71. The topological polar surface area (TPSA) is 57.5 Å². The number of rotatable bonds is 8. The zero-order valence-electron chi connectivity index (χ0n) is 18.3. The van der Waals surface area contributed by atoms with Gasteiger partial charge in [-0.25, -0.2) is 0 Å². The van der Waals surface area contributed by atoms with E-state index in [1.54, 1.807) is 0 Å². The summed E-state index contributed by atoms with van der Waals surface area (Å²) >= 11 is 0. The van der Waals surface area contributed by atoms with E-state index in [2.05, 4.69) is 53.3 Å². The van der Waals surface area contributed by atoms with Crippen LogP contribution in [-0.4, -0.2) is 59.4 Å². The summed E-state index contributed by atoms with van der Waals surface area (Å²) in [7, 11) is 3.85. The van der Waals surface area contributed by atoms with Gasteiger partial charge < -0.3 is 15.5 Å². The monoisotopic (exact) mass is 376 g/mol. The molecule has 1 aliphatic heterocycles. The maximum absolute atomic E-state index is 4.52. The number of unbranched alkanes of at least 4 members (excludes halogenated alkanes) is 1. The van der Waals surface area contributed by atoms with E-state index in [9.17, 15) is 0 Å². The molecule has 1 aromatic heterocycles. The van der Waals surface area contributed by atoms with E-state index < -0.39 is 0 Å². The SMILES string of the molecule is CN=C(NCCCCN1CCCCC1C)NC(C)Cc1c(C)nn(C)c1C. The molecule has 0 bridgehead atoms. The molecule has 0 aliphatic carbocycles. The standard InChI is InChI=1S/C21H40N6/c1-16(15-20-18(3)25-26(6)19(20)4)24-21(22-5)23-12-8-10-14-27-13-9-7-11-17(27)2/h16-17H,7-15H2,1-6H3,(H2,22,23,24). The Balaban J connectivity index is 1.67. The van der Waals surface area contributed by atoms with Gasteiger partial charge in [0, 0.05) is 38.4 Å². The number of aryl methyl sites for hydroxylation is 2. The molecule has 6 nitrogen and oxygen atoms in total. The van der Waals surface area contributed by atoms with Crippen LogP contribution in [-0.2, 0) is 13.5 Å². The van der Waals surface area contributed by atoms with Crippen molar-refractivity contribution in [1.29, 1.82) is 0 Å². The smallest absolute Gasteiger partial charge is 0.191 e. The third-order valence-corrected chi connectivity index (χ3v) is 5.88. The summed E-state index contributed by atoms with van der Waals surface area (Å²) in [4.78, 5) is 7.03. The second kappa shape index (κ2) is 10.7. The molecule has 1 fully saturated rings. The number of hydrogen-bond acceptors (Lipinski definition) is 3. The number of hydrogen-bond donors (Lipinski definition) is 2. The van der Waals surface area contributed by atoms with Crippen molar-refractivity contribution in [2.75, 3.05) is 26.7 Å². The Morgan fingerprint density at radius 1 is 1.30 bits per heavy atom. The Morgan fingerprint density at radius 3 is 2.70 bits per heavy atom. The van der Waals surface area contributed by atoms with Gasteiger partial charge in [-0.05, 0) is 78.5 Å². The molecule has 1 aromatic rings. The summed E-state index contributed by atoms with van der Waals surface area (Å²) < 4.78 is 1.97. The van der Waals surface area contributed by atoms with Crippen molar-refractivity contribution in [3.05, 3.63) is 17.0 Å². The van der Waals surface area contributed by atoms with Crippen LogP contribution in [0.25, 0.3) is 0 Å². The predicted molar refractivity (Wildman–Crippen MR) is 114 cm³/mol. The van der Waals surface area contributed by atoms with Gasteiger partial charge in [0.25, 0.3) is 0 Å². The highest BCUT2D eigenvalue weighted by atomic mass is 15.3. The van der Waals surface area contributed by atoms with Crippen LogP contribution in [0.2, 0.25) is 0 Å². The molecule has 0 aromatic carbocycles. The zero-order chi connectivity index (χ0) is 19.8. The lowest BCUT2D eigenvalue weighted by molar-refractivity contribution is 0.158. The minimum Gasteiger partial charge on any atom is -0.356 e. The summed E-state index contributed by atoms with van der Waals surface area (Å²) in [6.45, 7) is 12.3. The molecule has 1 saturated heterocycles. The summed E-state index contributed by atoms with van der Waals surface area (Å²) in [6, 6.07) is 1.08. The van der Waals surface area contributed by atoms with Crippen LogP contribution in [0.15, 0.2) is 4.99 Å². The molecule has 2 unspecified atom stereocenters. The average Bonchev–Trinajstić information content (AvgIpc) is 2.88. The Kier molecular flexibility index (Phi) is 8.61. The van der Waals surface area contributed by atoms with Gasteiger partial charge in [-0.1, -0.05) is 6.42 Å². The van der Waals surface area contributed by atoms with E-state index >= 15 is 0 Å². The lowest BCUT2D eigenvalue weighted by Gasteiger charge is -2.33. The van der Waals surface area contributed by atoms with Crippen molar-refractivity contribution in [3.63, 3.8) is 0 Å². The molecule has 2 heterocycles. The fourth-order valence-corrected chi connectivity index (χ4v) is 4.03. The minimum absolute atomic E-state index is 0.312. The van der Waals surface area contributed by atoms with Crippen molar-refractivity contribution >= 4 is 5.96 Å². The summed E-state index contributed by atoms with van der Waals surface area (Å²) in [5.74, 6) is 0.896. The first-order chi connectivity index (χ1) is 12.9. The van der Waals surface area contributed by atoms with Crippen LogP contribution in [0.4, 0.5) is 0 Å². The molecule has 0 spiro atoms. The maximum atomic E-state index is 4.52. The Hall–Kier alpha value is -1.56. The Morgan fingerprint density at radius 2 is 2.07 bits per heavy atom. The molecule has 154 valence electrons. The van der Waals surface area contributed by atoms with Crippen LogP contribution >= 0.6 is 0 Å². The fraction of sp³-hybridized carbons (Fsp3) is 0.810. The molecule has 1 aliphatic rings. The molecule has 2 rings (SSSR count). The Bertz CT molecular complexity index is 606. The molecular weight excluding hydrogens is 336 g/mol. The molecule has 27 heavy (non-hydrogen) atoms. The van der Waals surface area contributed by atoms with Gasteiger partial charge in [0.05, 0.1) is 5.69 Å². The molecular formula is C21H40N6. The minimum atomic E-state index is 0.312. The second-order valence-electron chi connectivity index (χ2n) is 8.11. The number of nitrogens with zero attached hydrogens (tertiary/aromatic N) is 4. The van der Waals surface area contributed by atoms with E-state index in [-0.39, 0.29) is 0 Å². The van der Waals surface area contributed by atoms with Crippen molar-refractivity contribution in [1.82, 2.24) is 25.3 Å². The van der Waals surface area contributed by atoms with Crippen molar-refractivity contribution in [2.45, 2.75) is 78.3 Å². The van der Waals surface area contributed by atoms with Crippen LogP contribution in [0, 0.1) is 13.8 Å². The third-order valence-electron chi connectivity index (χ3n) is 5.88. The van der Waals surface area contributed by atoms with E-state index in [0.29, 0.717) is 6.04 Å². The Labute approximate surface area is 165 Å². The largest absolute Gasteiger partial charge is 0.356 e. The van der Waals surface area contributed by atoms with Crippen molar-refractivity contribution < 1.29 is 0 Å². The lowest BCUT2D eigenvalue weighted by Crippen LogP contribution is -2.43. The van der Waals surface area contributed by atoms with Gasteiger partial charge in [-0.3, -0.25) is 9.67 Å². The molecule has 2 N–H and O–H groups in total. The highest BCUT2D eigenvalue weighted by molar-refractivity contribution is 5.79. The maximum Gasteiger partial charge on any atom is 0.191 e. The number of guanidine groups is 1. The number of nitrogens with one attached hydrogen (secondary N) is 2. The van der Waals surface area contributed by atoms with E-state index in [1.165, 1.54) is 56.5 Å². The second-order valence-corrected chi connectivity index (χ2v) is 8.11. The predicted octanol–water partition coefficient (Wildman–Crippen LogP) is 2.79. The summed E-state index contributed by atoms with van der Waals surface area (Å²) in [5, 5.41) is 11.5. The summed E-state index contributed by atoms with van der Waals surface area (Å²) in [6.07, 6.45) is 7.52. The van der Waals surface area contributed by atoms with Gasteiger partial charge in [0.1, 0.15) is 0 Å². The first kappa shape index (κ1) is 21.7. The van der Waals surface area contributed by atoms with Crippen LogP contribution < -0.4 is 10.6 Å². The molecule has 2 atom stereocenters. The third kappa shape index (κ3) is 6.52. The number of aliphatic imine (C=N–C) groups is 1. The highest BCUT2D eigenvalue weighted by Crippen LogP contribution is 2.16. The number of aromatic nitrogens is 2. The van der Waals surface area contributed by atoms with E-state index in [0.717, 1.165) is 30.7 Å². The van der Waals surface area contributed by atoms with Gasteiger partial charge >= 0.3 is 0 Å². The first-order valence-electron chi connectivity index (χ1n) is 10.6. The van der Waals surface area contributed by atoms with Crippen molar-refractivity contribution in [3.8, 4) is 0 Å². The molecule has 0 radical (unpaired) electrons. The number of piperidine rings is 1. The normalized spacial score (nSPS) is 19.9. The quantitative estimate of drug-likeness (QED) is 0.416.